The molecule has 0 saturated heterocycles. The second kappa shape index (κ2) is 8.84. The van der Waals surface area contributed by atoms with E-state index in [0.717, 1.165) is 46.2 Å². The van der Waals surface area contributed by atoms with Gasteiger partial charge in [-0.2, -0.15) is 0 Å². The van der Waals surface area contributed by atoms with Crippen molar-refractivity contribution in [2.45, 2.75) is 59.3 Å². The Labute approximate surface area is 240 Å². The van der Waals surface area contributed by atoms with E-state index in [2.05, 4.69) is 117 Å². The van der Waals surface area contributed by atoms with Crippen molar-refractivity contribution in [2.24, 2.45) is 5.92 Å². The number of nitrogens with one attached hydrogen (secondary N) is 2. The predicted octanol–water partition coefficient (Wildman–Crippen LogP) is 8.77. The maximum atomic E-state index is 6.51. The van der Waals surface area contributed by atoms with E-state index in [-0.39, 0.29) is 10.8 Å². The van der Waals surface area contributed by atoms with Crippen molar-refractivity contribution in [3.63, 3.8) is 0 Å². The van der Waals surface area contributed by atoms with Crippen LogP contribution in [0.5, 0.6) is 11.5 Å². The van der Waals surface area contributed by atoms with Gasteiger partial charge in [0.05, 0.1) is 5.52 Å². The van der Waals surface area contributed by atoms with E-state index in [1.165, 1.54) is 33.1 Å². The van der Waals surface area contributed by atoms with Gasteiger partial charge in [-0.05, 0) is 65.8 Å². The summed E-state index contributed by atoms with van der Waals surface area (Å²) in [6.45, 7) is 16.9. The maximum Gasteiger partial charge on any atom is 0.145 e. The molecule has 7 rings (SSSR count). The predicted molar refractivity (Wildman–Crippen MR) is 168 cm³/mol. The molecule has 0 amide bonds. The lowest BCUT2D eigenvalue weighted by Gasteiger charge is -2.46. The fourth-order valence-electron chi connectivity index (χ4n) is 6.42. The van der Waals surface area contributed by atoms with E-state index in [4.69, 9.17) is 9.72 Å². The fraction of sp³-hybridized carbons (Fsp3) is 0.314. The number of imidazole rings is 2. The van der Waals surface area contributed by atoms with Crippen LogP contribution in [0, 0.1) is 12.8 Å². The Balaban J connectivity index is 1.38. The molecule has 4 heterocycles. The van der Waals surface area contributed by atoms with Crippen LogP contribution >= 0.6 is 0 Å². The van der Waals surface area contributed by atoms with Crippen LogP contribution in [0.15, 0.2) is 67.1 Å². The smallest absolute Gasteiger partial charge is 0.145 e. The van der Waals surface area contributed by atoms with Gasteiger partial charge in [0.1, 0.15) is 23.0 Å². The zero-order chi connectivity index (χ0) is 28.7. The van der Waals surface area contributed by atoms with Crippen molar-refractivity contribution in [1.82, 2.24) is 19.4 Å². The van der Waals surface area contributed by atoms with Gasteiger partial charge in [-0.25, -0.2) is 9.97 Å². The van der Waals surface area contributed by atoms with Crippen LogP contribution in [0.1, 0.15) is 58.4 Å². The number of aryl methyl sites for hydroxylation is 1. The van der Waals surface area contributed by atoms with Crippen LogP contribution in [0.2, 0.25) is 0 Å². The van der Waals surface area contributed by atoms with Crippen LogP contribution in [-0.2, 0) is 10.8 Å². The molecular weight excluding hydrogens is 506 g/mol. The van der Waals surface area contributed by atoms with Crippen molar-refractivity contribution in [1.29, 1.82) is 0 Å². The largest absolute Gasteiger partial charge is 0.457 e. The summed E-state index contributed by atoms with van der Waals surface area (Å²) in [7, 11) is 0. The lowest BCUT2D eigenvalue weighted by atomic mass is 9.60. The van der Waals surface area contributed by atoms with Gasteiger partial charge < -0.3 is 15.0 Å². The average molecular weight is 544 g/mol. The topological polar surface area (TPSA) is 67.2 Å². The first-order valence-corrected chi connectivity index (χ1v) is 14.5. The summed E-state index contributed by atoms with van der Waals surface area (Å²) in [4.78, 5) is 12.8. The number of rotatable bonds is 6. The van der Waals surface area contributed by atoms with Crippen molar-refractivity contribution in [2.75, 3.05) is 11.9 Å². The molecule has 0 spiro atoms. The molecule has 0 aliphatic carbocycles. The fourth-order valence-corrected chi connectivity index (χ4v) is 6.42. The molecule has 1 aliphatic rings. The molecule has 6 aromatic rings. The monoisotopic (exact) mass is 543 g/mol. The molecule has 3 aromatic carbocycles. The Morgan fingerprint density at radius 3 is 2.46 bits per heavy atom. The molecular formula is C35H37N5O. The van der Waals surface area contributed by atoms with Gasteiger partial charge in [-0.15, -0.1) is 0 Å². The first-order chi connectivity index (χ1) is 19.6. The van der Waals surface area contributed by atoms with Crippen LogP contribution in [0.4, 0.5) is 5.69 Å². The van der Waals surface area contributed by atoms with E-state index in [1.807, 2.05) is 12.3 Å². The Kier molecular flexibility index (Phi) is 5.53. The molecule has 3 aromatic heterocycles. The second-order valence-electron chi connectivity index (χ2n) is 12.9. The van der Waals surface area contributed by atoms with Crippen LogP contribution in [0.25, 0.3) is 38.7 Å². The molecule has 1 aliphatic heterocycles. The van der Waals surface area contributed by atoms with Gasteiger partial charge in [-0.3, -0.25) is 4.40 Å². The van der Waals surface area contributed by atoms with E-state index in [0.29, 0.717) is 5.92 Å². The Bertz CT molecular complexity index is 1960. The number of ether oxygens (including phenoxy) is 1. The average Bonchev–Trinajstić information content (AvgIpc) is 3.63. The molecule has 0 bridgehead atoms. The highest BCUT2D eigenvalue weighted by molar-refractivity contribution is 6.14. The van der Waals surface area contributed by atoms with Gasteiger partial charge in [0.15, 0.2) is 0 Å². The number of anilines is 1. The lowest BCUT2D eigenvalue weighted by Crippen LogP contribution is -2.44. The zero-order valence-electron chi connectivity index (χ0n) is 24.9. The summed E-state index contributed by atoms with van der Waals surface area (Å²) < 4.78 is 8.91. The minimum atomic E-state index is -0.0863. The highest BCUT2D eigenvalue weighted by Crippen LogP contribution is 2.51. The van der Waals surface area contributed by atoms with Crippen LogP contribution in [0.3, 0.4) is 0 Å². The maximum absolute atomic E-state index is 6.51. The van der Waals surface area contributed by atoms with E-state index in [1.54, 1.807) is 6.20 Å². The Morgan fingerprint density at radius 2 is 1.71 bits per heavy atom. The summed E-state index contributed by atoms with van der Waals surface area (Å²) >= 11 is 0. The first kappa shape index (κ1) is 25.6. The molecule has 0 fully saturated rings. The Morgan fingerprint density at radius 1 is 0.927 bits per heavy atom. The number of hydrogen-bond acceptors (Lipinski definition) is 4. The summed E-state index contributed by atoms with van der Waals surface area (Å²) in [5.41, 5.74) is 8.04. The summed E-state index contributed by atoms with van der Waals surface area (Å²) in [5, 5.41) is 7.15. The van der Waals surface area contributed by atoms with E-state index >= 15 is 0 Å². The third kappa shape index (κ3) is 3.69. The lowest BCUT2D eigenvalue weighted by molar-refractivity contribution is 0.288. The Hall–Kier alpha value is -4.32. The van der Waals surface area contributed by atoms with Crippen molar-refractivity contribution >= 4 is 33.0 Å². The molecule has 41 heavy (non-hydrogen) atoms. The molecule has 0 radical (unpaired) electrons. The minimum absolute atomic E-state index is 0.0411. The first-order valence-electron chi connectivity index (χ1n) is 14.5. The SMILES string of the molecule is Cc1ccc2c3c1c1ccc(Oc4ccc(NCC(C)C)c(-c5ncc[nH]5)c4)cc1c1ncc(n13)C(C)(C)C2(C)C. The van der Waals surface area contributed by atoms with E-state index < -0.39 is 0 Å². The van der Waals surface area contributed by atoms with Gasteiger partial charge in [0, 0.05) is 63.7 Å². The third-order valence-electron chi connectivity index (χ3n) is 9.43. The molecule has 6 heteroatoms. The highest BCUT2D eigenvalue weighted by Gasteiger charge is 2.46. The van der Waals surface area contributed by atoms with Gasteiger partial charge in [0.25, 0.3) is 0 Å². The molecule has 6 nitrogen and oxygen atoms in total. The van der Waals surface area contributed by atoms with Crippen molar-refractivity contribution in [3.8, 4) is 22.9 Å². The summed E-state index contributed by atoms with van der Waals surface area (Å²) in [6.07, 6.45) is 5.70. The molecule has 0 atom stereocenters. The third-order valence-corrected chi connectivity index (χ3v) is 9.43. The number of pyridine rings is 1. The number of nitrogens with zero attached hydrogens (tertiary/aromatic N) is 3. The number of hydrogen-bond donors (Lipinski definition) is 2. The summed E-state index contributed by atoms with van der Waals surface area (Å²) in [5.74, 6) is 2.88. The van der Waals surface area contributed by atoms with Crippen molar-refractivity contribution in [3.05, 3.63) is 83.9 Å². The standard InChI is InChI=1S/C35H37N5O/c1-20(2)18-38-28-13-10-23(17-26(28)32-36-14-15-37-32)41-22-9-11-24-25(16-22)33-39-19-29-35(6,7)34(4,5)27-12-8-21(3)30(24)31(27)40(29)33/h8-17,19-20,38H,18H2,1-7H3,(H,36,37). The van der Waals surface area contributed by atoms with Gasteiger partial charge in [0.2, 0.25) is 0 Å². The minimum Gasteiger partial charge on any atom is -0.457 e. The second-order valence-corrected chi connectivity index (χ2v) is 12.9. The molecule has 2 N–H and O–H groups in total. The van der Waals surface area contributed by atoms with Crippen LogP contribution in [-0.4, -0.2) is 25.9 Å². The zero-order valence-corrected chi connectivity index (χ0v) is 24.9. The van der Waals surface area contributed by atoms with E-state index in [9.17, 15) is 0 Å². The number of aromatic nitrogens is 4. The quantitative estimate of drug-likeness (QED) is 0.206. The highest BCUT2D eigenvalue weighted by atomic mass is 16.5. The number of fused-ring (bicyclic) bond motifs is 3. The van der Waals surface area contributed by atoms with Crippen molar-refractivity contribution < 1.29 is 4.74 Å². The number of aromatic amines is 1. The van der Waals surface area contributed by atoms with Crippen LogP contribution < -0.4 is 10.1 Å². The molecule has 208 valence electrons. The molecule has 0 saturated carbocycles. The number of benzene rings is 3. The molecule has 0 unspecified atom stereocenters. The van der Waals surface area contributed by atoms with Gasteiger partial charge >= 0.3 is 0 Å². The van der Waals surface area contributed by atoms with Gasteiger partial charge in [-0.1, -0.05) is 53.7 Å². The normalized spacial score (nSPS) is 15.4. The summed E-state index contributed by atoms with van der Waals surface area (Å²) in [6, 6.07) is 17.2. The number of H-pyrrole nitrogens is 1.